The monoisotopic (exact) mass is 179 g/mol. The average Bonchev–Trinajstić information content (AvgIpc) is 2.73. The Labute approximate surface area is 78.9 Å². The molecule has 13 heavy (non-hydrogen) atoms. The van der Waals surface area contributed by atoms with Gasteiger partial charge in [0.1, 0.15) is 5.82 Å². The zero-order valence-electron chi connectivity index (χ0n) is 8.54. The fourth-order valence-electron chi connectivity index (χ4n) is 1.53. The maximum atomic E-state index is 5.89. The molecule has 3 heteroatoms. The van der Waals surface area contributed by atoms with E-state index < -0.39 is 0 Å². The molecule has 0 bridgehead atoms. The first-order chi connectivity index (χ1) is 5.98. The lowest BCUT2D eigenvalue weighted by Crippen LogP contribution is -2.24. The lowest BCUT2D eigenvalue weighted by Gasteiger charge is -2.20. The van der Waals surface area contributed by atoms with Crippen LogP contribution in [0.25, 0.3) is 0 Å². The molecular weight excluding hydrogens is 162 g/mol. The van der Waals surface area contributed by atoms with Crippen LogP contribution in [-0.2, 0) is 5.54 Å². The molecule has 3 nitrogen and oxygen atoms in total. The number of hydrogen-bond acceptors (Lipinski definition) is 2. The van der Waals surface area contributed by atoms with Crippen LogP contribution in [0.5, 0.6) is 0 Å². The lowest BCUT2D eigenvalue weighted by atomic mass is 10.1. The second-order valence-electron chi connectivity index (χ2n) is 4.85. The summed E-state index contributed by atoms with van der Waals surface area (Å²) in [6.45, 7) is 6.35. The molecule has 0 radical (unpaired) electrons. The van der Waals surface area contributed by atoms with Crippen LogP contribution >= 0.6 is 0 Å². The maximum absolute atomic E-state index is 5.89. The molecule has 1 aliphatic carbocycles. The normalized spacial score (nSPS) is 17.8. The molecule has 1 saturated carbocycles. The van der Waals surface area contributed by atoms with Gasteiger partial charge in [0.25, 0.3) is 0 Å². The molecule has 0 spiro atoms. The van der Waals surface area contributed by atoms with Crippen LogP contribution in [0.4, 0.5) is 5.82 Å². The third-order valence-corrected chi connectivity index (χ3v) is 2.39. The fourth-order valence-corrected chi connectivity index (χ4v) is 1.53. The molecule has 2 N–H and O–H groups in total. The molecule has 2 rings (SSSR count). The Morgan fingerprint density at radius 1 is 1.46 bits per heavy atom. The van der Waals surface area contributed by atoms with Crippen molar-refractivity contribution in [1.29, 1.82) is 0 Å². The van der Waals surface area contributed by atoms with E-state index in [2.05, 4.69) is 25.9 Å². The second kappa shape index (κ2) is 2.50. The van der Waals surface area contributed by atoms with E-state index in [9.17, 15) is 0 Å². The Morgan fingerprint density at radius 3 is 2.46 bits per heavy atom. The highest BCUT2D eigenvalue weighted by atomic mass is 15.3. The van der Waals surface area contributed by atoms with Crippen LogP contribution < -0.4 is 5.73 Å². The largest absolute Gasteiger partial charge is 0.384 e. The summed E-state index contributed by atoms with van der Waals surface area (Å²) in [5, 5.41) is 4.53. The molecule has 1 heterocycles. The lowest BCUT2D eigenvalue weighted by molar-refractivity contribution is 0.359. The van der Waals surface area contributed by atoms with Crippen molar-refractivity contribution in [3.05, 3.63) is 11.8 Å². The van der Waals surface area contributed by atoms with Gasteiger partial charge in [0.2, 0.25) is 0 Å². The molecule has 1 fully saturated rings. The molecule has 0 aromatic carbocycles. The zero-order chi connectivity index (χ0) is 9.64. The van der Waals surface area contributed by atoms with Gasteiger partial charge in [-0.05, 0) is 33.6 Å². The Hall–Kier alpha value is -0.990. The van der Waals surface area contributed by atoms with E-state index >= 15 is 0 Å². The summed E-state index contributed by atoms with van der Waals surface area (Å²) >= 11 is 0. The number of rotatable bonds is 1. The van der Waals surface area contributed by atoms with Gasteiger partial charge in [-0.3, -0.25) is 0 Å². The highest BCUT2D eigenvalue weighted by Crippen LogP contribution is 2.40. The molecule has 0 amide bonds. The van der Waals surface area contributed by atoms with Crippen molar-refractivity contribution in [3.63, 3.8) is 0 Å². The van der Waals surface area contributed by atoms with E-state index in [1.54, 1.807) is 0 Å². The molecule has 1 aromatic heterocycles. The van der Waals surface area contributed by atoms with Crippen molar-refractivity contribution in [2.75, 3.05) is 5.73 Å². The highest BCUT2D eigenvalue weighted by molar-refractivity contribution is 5.34. The third kappa shape index (κ3) is 1.55. The van der Waals surface area contributed by atoms with Gasteiger partial charge in [0.15, 0.2) is 0 Å². The van der Waals surface area contributed by atoms with Crippen molar-refractivity contribution in [3.8, 4) is 0 Å². The minimum Gasteiger partial charge on any atom is -0.384 e. The van der Waals surface area contributed by atoms with Crippen molar-refractivity contribution in [2.24, 2.45) is 0 Å². The van der Waals surface area contributed by atoms with Crippen LogP contribution in [0.3, 0.4) is 0 Å². The number of nitrogens with two attached hydrogens (primary N) is 1. The first kappa shape index (κ1) is 8.60. The van der Waals surface area contributed by atoms with E-state index in [0.29, 0.717) is 5.92 Å². The molecule has 1 aromatic rings. The molecule has 1 aliphatic rings. The number of hydrogen-bond donors (Lipinski definition) is 1. The third-order valence-electron chi connectivity index (χ3n) is 2.39. The van der Waals surface area contributed by atoms with Gasteiger partial charge >= 0.3 is 0 Å². The maximum Gasteiger partial charge on any atom is 0.122 e. The predicted octanol–water partition coefficient (Wildman–Crippen LogP) is 2.10. The summed E-state index contributed by atoms with van der Waals surface area (Å²) in [6.07, 6.45) is 2.56. The smallest absolute Gasteiger partial charge is 0.122 e. The minimum atomic E-state index is -0.00275. The first-order valence-corrected chi connectivity index (χ1v) is 4.84. The fraction of sp³-hybridized carbons (Fsp3) is 0.700. The first-order valence-electron chi connectivity index (χ1n) is 4.84. The summed E-state index contributed by atoms with van der Waals surface area (Å²) in [5.41, 5.74) is 7.06. The molecular formula is C10H17N3. The molecule has 72 valence electrons. The Bertz CT molecular complexity index is 315. The SMILES string of the molecule is CC(C)(C)n1nc(C2CC2)cc1N. The van der Waals surface area contributed by atoms with Gasteiger partial charge in [-0.25, -0.2) is 4.68 Å². The quantitative estimate of drug-likeness (QED) is 0.717. The summed E-state index contributed by atoms with van der Waals surface area (Å²) in [7, 11) is 0. The van der Waals surface area contributed by atoms with Crippen LogP contribution in [0.1, 0.15) is 45.2 Å². The number of aromatic nitrogens is 2. The number of nitrogens with zero attached hydrogens (tertiary/aromatic N) is 2. The summed E-state index contributed by atoms with van der Waals surface area (Å²) in [6, 6.07) is 2.02. The summed E-state index contributed by atoms with van der Waals surface area (Å²) in [5.74, 6) is 1.47. The summed E-state index contributed by atoms with van der Waals surface area (Å²) in [4.78, 5) is 0. The molecule has 0 saturated heterocycles. The van der Waals surface area contributed by atoms with E-state index in [4.69, 9.17) is 5.73 Å². The van der Waals surface area contributed by atoms with Gasteiger partial charge in [0.05, 0.1) is 11.2 Å². The topological polar surface area (TPSA) is 43.8 Å². The van der Waals surface area contributed by atoms with E-state index in [-0.39, 0.29) is 5.54 Å². The Balaban J connectivity index is 2.35. The van der Waals surface area contributed by atoms with Gasteiger partial charge in [-0.1, -0.05) is 0 Å². The summed E-state index contributed by atoms with van der Waals surface area (Å²) < 4.78 is 1.92. The Morgan fingerprint density at radius 2 is 2.08 bits per heavy atom. The Kier molecular flexibility index (Phi) is 1.65. The van der Waals surface area contributed by atoms with Gasteiger partial charge in [0, 0.05) is 12.0 Å². The van der Waals surface area contributed by atoms with Crippen LogP contribution in [0.2, 0.25) is 0 Å². The van der Waals surface area contributed by atoms with Gasteiger partial charge in [-0.2, -0.15) is 5.10 Å². The minimum absolute atomic E-state index is 0.00275. The van der Waals surface area contributed by atoms with Crippen LogP contribution in [0.15, 0.2) is 6.07 Å². The highest BCUT2D eigenvalue weighted by Gasteiger charge is 2.28. The van der Waals surface area contributed by atoms with E-state index in [1.165, 1.54) is 18.5 Å². The molecule has 0 aliphatic heterocycles. The van der Waals surface area contributed by atoms with Crippen LogP contribution in [0, 0.1) is 0 Å². The number of nitrogen functional groups attached to an aromatic ring is 1. The zero-order valence-corrected chi connectivity index (χ0v) is 8.54. The molecule has 0 atom stereocenters. The van der Waals surface area contributed by atoms with Crippen molar-refractivity contribution >= 4 is 5.82 Å². The van der Waals surface area contributed by atoms with Crippen molar-refractivity contribution in [1.82, 2.24) is 9.78 Å². The second-order valence-corrected chi connectivity index (χ2v) is 4.85. The standard InChI is InChI=1S/C10H17N3/c1-10(2,3)13-9(11)6-8(12-13)7-4-5-7/h6-7H,4-5,11H2,1-3H3. The van der Waals surface area contributed by atoms with Crippen LogP contribution in [-0.4, -0.2) is 9.78 Å². The van der Waals surface area contributed by atoms with Crippen molar-refractivity contribution in [2.45, 2.75) is 45.1 Å². The van der Waals surface area contributed by atoms with E-state index in [0.717, 1.165) is 5.82 Å². The average molecular weight is 179 g/mol. The molecule has 0 unspecified atom stereocenters. The van der Waals surface area contributed by atoms with Crippen molar-refractivity contribution < 1.29 is 0 Å². The van der Waals surface area contributed by atoms with Gasteiger partial charge in [-0.15, -0.1) is 0 Å². The number of anilines is 1. The van der Waals surface area contributed by atoms with Gasteiger partial charge < -0.3 is 5.73 Å². The predicted molar refractivity (Wildman–Crippen MR) is 53.6 cm³/mol. The van der Waals surface area contributed by atoms with E-state index in [1.807, 2.05) is 10.7 Å².